The monoisotopic (exact) mass is 284 g/mol. The van der Waals surface area contributed by atoms with Crippen LogP contribution in [-0.2, 0) is 6.54 Å². The Morgan fingerprint density at radius 3 is 2.79 bits per heavy atom. The first-order valence-corrected chi connectivity index (χ1v) is 6.12. The molecule has 0 radical (unpaired) electrons. The standard InChI is InChI=1S/C10H13ClN6O2/c1-3-4-18-10-15-8(11)14-9(16-10)12-5-7-13-6(2)19-17-7/h3-5H2,1-2H3,(H,12,14,15,16). The van der Waals surface area contributed by atoms with Crippen LogP contribution >= 0.6 is 11.6 Å². The summed E-state index contributed by atoms with van der Waals surface area (Å²) in [6.07, 6.45) is 0.855. The molecule has 0 unspecified atom stereocenters. The fourth-order valence-electron chi connectivity index (χ4n) is 1.24. The molecule has 0 amide bonds. The van der Waals surface area contributed by atoms with Crippen molar-refractivity contribution in [1.82, 2.24) is 25.1 Å². The maximum absolute atomic E-state index is 5.78. The lowest BCUT2D eigenvalue weighted by Gasteiger charge is -2.05. The Labute approximate surface area is 114 Å². The molecular weight excluding hydrogens is 272 g/mol. The summed E-state index contributed by atoms with van der Waals surface area (Å²) in [6, 6.07) is 0.189. The Kier molecular flexibility index (Phi) is 4.45. The molecule has 2 aromatic rings. The Hall–Kier alpha value is -1.96. The molecule has 2 rings (SSSR count). The number of nitrogens with zero attached hydrogens (tertiary/aromatic N) is 5. The number of nitrogens with one attached hydrogen (secondary N) is 1. The van der Waals surface area contributed by atoms with Crippen LogP contribution in [0.4, 0.5) is 5.95 Å². The van der Waals surface area contributed by atoms with E-state index >= 15 is 0 Å². The molecule has 0 aliphatic carbocycles. The van der Waals surface area contributed by atoms with Crippen LogP contribution in [0, 0.1) is 6.92 Å². The molecule has 0 aliphatic heterocycles. The van der Waals surface area contributed by atoms with Gasteiger partial charge in [-0.1, -0.05) is 12.1 Å². The summed E-state index contributed by atoms with van der Waals surface area (Å²) in [5.74, 6) is 1.30. The summed E-state index contributed by atoms with van der Waals surface area (Å²) in [5, 5.41) is 6.72. The van der Waals surface area contributed by atoms with Gasteiger partial charge in [0.15, 0.2) is 5.82 Å². The van der Waals surface area contributed by atoms with Gasteiger partial charge in [0.05, 0.1) is 13.2 Å². The Morgan fingerprint density at radius 1 is 1.26 bits per heavy atom. The van der Waals surface area contributed by atoms with Crippen LogP contribution in [0.5, 0.6) is 6.01 Å². The topological polar surface area (TPSA) is 98.9 Å². The molecular formula is C10H13ClN6O2. The third kappa shape index (κ3) is 4.02. The highest BCUT2D eigenvalue weighted by Gasteiger charge is 2.07. The van der Waals surface area contributed by atoms with Crippen LogP contribution in [0.15, 0.2) is 4.52 Å². The minimum Gasteiger partial charge on any atom is -0.463 e. The molecule has 0 atom stereocenters. The van der Waals surface area contributed by atoms with Crippen molar-refractivity contribution in [2.45, 2.75) is 26.8 Å². The van der Waals surface area contributed by atoms with Gasteiger partial charge in [-0.15, -0.1) is 0 Å². The van der Waals surface area contributed by atoms with Crippen molar-refractivity contribution >= 4 is 17.5 Å². The molecule has 9 heteroatoms. The van der Waals surface area contributed by atoms with E-state index in [0.29, 0.717) is 30.8 Å². The van der Waals surface area contributed by atoms with Crippen LogP contribution in [0.2, 0.25) is 5.28 Å². The summed E-state index contributed by atoms with van der Waals surface area (Å²) < 4.78 is 10.1. The van der Waals surface area contributed by atoms with E-state index in [1.54, 1.807) is 6.92 Å². The quantitative estimate of drug-likeness (QED) is 0.854. The molecule has 0 fully saturated rings. The number of hydrogen-bond acceptors (Lipinski definition) is 8. The molecule has 19 heavy (non-hydrogen) atoms. The first kappa shape index (κ1) is 13.5. The van der Waals surface area contributed by atoms with Crippen molar-refractivity contribution in [2.24, 2.45) is 0 Å². The molecule has 0 bridgehead atoms. The maximum atomic E-state index is 5.78. The molecule has 0 saturated heterocycles. The summed E-state index contributed by atoms with van der Waals surface area (Å²) in [4.78, 5) is 15.9. The highest BCUT2D eigenvalue weighted by atomic mass is 35.5. The van der Waals surface area contributed by atoms with E-state index in [1.807, 2.05) is 6.92 Å². The summed E-state index contributed by atoms with van der Waals surface area (Å²) >= 11 is 5.78. The smallest absolute Gasteiger partial charge is 0.322 e. The summed E-state index contributed by atoms with van der Waals surface area (Å²) in [7, 11) is 0. The fourth-order valence-corrected chi connectivity index (χ4v) is 1.39. The molecule has 0 saturated carbocycles. The lowest BCUT2D eigenvalue weighted by molar-refractivity contribution is 0.291. The van der Waals surface area contributed by atoms with Crippen molar-refractivity contribution in [3.8, 4) is 6.01 Å². The van der Waals surface area contributed by atoms with Crippen LogP contribution in [0.3, 0.4) is 0 Å². The van der Waals surface area contributed by atoms with Gasteiger partial charge in [-0.2, -0.15) is 19.9 Å². The second-order valence-corrected chi connectivity index (χ2v) is 3.98. The molecule has 0 aliphatic rings. The average molecular weight is 285 g/mol. The molecule has 102 valence electrons. The summed E-state index contributed by atoms with van der Waals surface area (Å²) in [5.41, 5.74) is 0. The summed E-state index contributed by atoms with van der Waals surface area (Å²) in [6.45, 7) is 4.54. The maximum Gasteiger partial charge on any atom is 0.322 e. The lowest BCUT2D eigenvalue weighted by Crippen LogP contribution is -2.08. The van der Waals surface area contributed by atoms with Gasteiger partial charge in [-0.05, 0) is 18.0 Å². The van der Waals surface area contributed by atoms with E-state index in [-0.39, 0.29) is 11.3 Å². The number of halogens is 1. The zero-order chi connectivity index (χ0) is 13.7. The first-order valence-electron chi connectivity index (χ1n) is 5.75. The van der Waals surface area contributed by atoms with E-state index in [4.69, 9.17) is 20.9 Å². The Morgan fingerprint density at radius 2 is 2.11 bits per heavy atom. The highest BCUT2D eigenvalue weighted by Crippen LogP contribution is 2.12. The van der Waals surface area contributed by atoms with Crippen molar-refractivity contribution in [3.63, 3.8) is 0 Å². The van der Waals surface area contributed by atoms with Crippen molar-refractivity contribution in [3.05, 3.63) is 17.0 Å². The minimum absolute atomic E-state index is 0.0629. The van der Waals surface area contributed by atoms with E-state index in [1.165, 1.54) is 0 Å². The number of rotatable bonds is 6. The van der Waals surface area contributed by atoms with Gasteiger partial charge in [0, 0.05) is 6.92 Å². The average Bonchev–Trinajstić information content (AvgIpc) is 2.79. The minimum atomic E-state index is 0.0629. The van der Waals surface area contributed by atoms with Gasteiger partial charge >= 0.3 is 6.01 Å². The van der Waals surface area contributed by atoms with Crippen LogP contribution in [-0.4, -0.2) is 31.7 Å². The Bertz CT molecular complexity index is 547. The molecule has 1 N–H and O–H groups in total. The zero-order valence-electron chi connectivity index (χ0n) is 10.6. The molecule has 2 aromatic heterocycles. The van der Waals surface area contributed by atoms with Gasteiger partial charge in [-0.25, -0.2) is 0 Å². The van der Waals surface area contributed by atoms with Crippen LogP contribution < -0.4 is 10.1 Å². The SMILES string of the molecule is CCCOc1nc(Cl)nc(NCc2noc(C)n2)n1. The van der Waals surface area contributed by atoms with Gasteiger partial charge in [0.1, 0.15) is 0 Å². The second kappa shape index (κ2) is 6.28. The van der Waals surface area contributed by atoms with Crippen LogP contribution in [0.25, 0.3) is 0 Å². The van der Waals surface area contributed by atoms with Gasteiger partial charge in [0.25, 0.3) is 0 Å². The van der Waals surface area contributed by atoms with Gasteiger partial charge in [0.2, 0.25) is 17.1 Å². The molecule has 0 aromatic carbocycles. The zero-order valence-corrected chi connectivity index (χ0v) is 11.3. The van der Waals surface area contributed by atoms with E-state index in [9.17, 15) is 0 Å². The van der Waals surface area contributed by atoms with E-state index < -0.39 is 0 Å². The van der Waals surface area contributed by atoms with Crippen molar-refractivity contribution in [2.75, 3.05) is 11.9 Å². The third-order valence-corrected chi connectivity index (χ3v) is 2.17. The lowest BCUT2D eigenvalue weighted by atomic mass is 10.5. The van der Waals surface area contributed by atoms with Gasteiger partial charge in [-0.3, -0.25) is 0 Å². The molecule has 8 nitrogen and oxygen atoms in total. The van der Waals surface area contributed by atoms with Crippen LogP contribution in [0.1, 0.15) is 25.1 Å². The molecule has 2 heterocycles. The number of hydrogen-bond donors (Lipinski definition) is 1. The third-order valence-electron chi connectivity index (χ3n) is 2.00. The van der Waals surface area contributed by atoms with Gasteiger partial charge < -0.3 is 14.6 Å². The van der Waals surface area contributed by atoms with Crippen molar-refractivity contribution < 1.29 is 9.26 Å². The second-order valence-electron chi connectivity index (χ2n) is 3.64. The predicted octanol–water partition coefficient (Wildman–Crippen LogP) is 1.62. The first-order chi connectivity index (χ1) is 9.17. The largest absolute Gasteiger partial charge is 0.463 e. The molecule has 0 spiro atoms. The normalized spacial score (nSPS) is 10.5. The number of aromatic nitrogens is 5. The number of aryl methyl sites for hydroxylation is 1. The van der Waals surface area contributed by atoms with E-state index in [0.717, 1.165) is 6.42 Å². The fraction of sp³-hybridized carbons (Fsp3) is 0.500. The van der Waals surface area contributed by atoms with E-state index in [2.05, 4.69) is 30.4 Å². The number of anilines is 1. The van der Waals surface area contributed by atoms with Crippen molar-refractivity contribution in [1.29, 1.82) is 0 Å². The predicted molar refractivity (Wildman–Crippen MR) is 67.0 cm³/mol. The number of ether oxygens (including phenoxy) is 1. The Balaban J connectivity index is 2.01. The highest BCUT2D eigenvalue weighted by molar-refractivity contribution is 6.28.